The summed E-state index contributed by atoms with van der Waals surface area (Å²) in [6.07, 6.45) is 0. The van der Waals surface area contributed by atoms with Crippen LogP contribution in [0.25, 0.3) is 0 Å². The Hall–Kier alpha value is -1.90. The SMILES string of the molecule is CCNCC.Fc1c(F)c(F)[c]([Al+2])c(F)c1F.Fc1c(F)c(F)[c]([Al+2])c(F)c1F.Fc1c(F)c(F)[c]([Al+2])c(F)c1F.Fc1c(F)c(F)[c]([Al+2])c(F)c1F.[Al+3]. The molecule has 0 fully saturated rings. The first kappa shape index (κ1) is 54.2. The topological polar surface area (TPSA) is 12.0 Å². The molecule has 4 aromatic carbocycles. The minimum absolute atomic E-state index is 0. The fourth-order valence-electron chi connectivity index (χ4n) is 2.74. The summed E-state index contributed by atoms with van der Waals surface area (Å²) in [7, 11) is 0. The van der Waals surface area contributed by atoms with Crippen LogP contribution in [0.15, 0.2) is 0 Å². The van der Waals surface area contributed by atoms with Crippen LogP contribution in [-0.2, 0) is 0 Å². The van der Waals surface area contributed by atoms with E-state index in [0.717, 1.165) is 13.1 Å². The molecule has 1 N–H and O–H groups in total. The largest absolute Gasteiger partial charge is 3.00 e. The molecule has 0 bridgehead atoms. The molecule has 0 atom stereocenters. The molecule has 0 amide bonds. The monoisotopic (exact) mass is 876 g/mol. The van der Waals surface area contributed by atoms with Crippen LogP contribution < -0.4 is 23.0 Å². The average Bonchev–Trinajstić information content (AvgIpc) is 3.15. The Morgan fingerprint density at radius 1 is 0.259 bits per heavy atom. The maximum atomic E-state index is 12.4. The molecule has 0 heterocycles. The van der Waals surface area contributed by atoms with Crippen LogP contribution in [0, 0.1) is 116 Å². The van der Waals surface area contributed by atoms with Crippen molar-refractivity contribution in [3.05, 3.63) is 116 Å². The van der Waals surface area contributed by atoms with Crippen molar-refractivity contribution in [2.24, 2.45) is 0 Å². The van der Waals surface area contributed by atoms with Gasteiger partial charge in [-0.25, -0.2) is 0 Å². The van der Waals surface area contributed by atoms with Crippen molar-refractivity contribution in [1.82, 2.24) is 5.32 Å². The van der Waals surface area contributed by atoms with Gasteiger partial charge in [-0.15, -0.1) is 0 Å². The molecule has 4 aromatic rings. The molecule has 4 rings (SSSR count). The smallest absolute Gasteiger partial charge is 3.00 e. The van der Waals surface area contributed by atoms with Crippen LogP contribution >= 0.6 is 0 Å². The Balaban J connectivity index is 0. The predicted octanol–water partition coefficient (Wildman–Crippen LogP) is 4.94. The van der Waals surface area contributed by atoms with Crippen molar-refractivity contribution in [2.45, 2.75) is 13.8 Å². The van der Waals surface area contributed by atoms with E-state index in [2.05, 4.69) is 19.2 Å². The van der Waals surface area contributed by atoms with Crippen molar-refractivity contribution < 1.29 is 87.8 Å². The van der Waals surface area contributed by atoms with Gasteiger partial charge < -0.3 is 5.32 Å². The van der Waals surface area contributed by atoms with Crippen LogP contribution in [-0.4, -0.2) is 95.6 Å². The summed E-state index contributed by atoms with van der Waals surface area (Å²) in [6, 6.07) is 0. The second kappa shape index (κ2) is 24.0. The molecule has 0 radical (unpaired) electrons. The Labute approximate surface area is 334 Å². The van der Waals surface area contributed by atoms with Crippen LogP contribution in [0.3, 0.4) is 0 Å². The van der Waals surface area contributed by atoms with Gasteiger partial charge in [0.15, 0.2) is 0 Å². The van der Waals surface area contributed by atoms with Gasteiger partial charge in [0.05, 0.1) is 0 Å². The summed E-state index contributed by atoms with van der Waals surface area (Å²) in [6.45, 7) is 6.39. The quantitative estimate of drug-likeness (QED) is 0.131. The summed E-state index contributed by atoms with van der Waals surface area (Å²) in [5.41, 5.74) is 0. The maximum Gasteiger partial charge on any atom is 3.00 e. The molecule has 0 aliphatic rings. The van der Waals surface area contributed by atoms with E-state index in [-0.39, 0.29) is 17.4 Å². The minimum atomic E-state index is -2.14. The number of halogens is 20. The van der Waals surface area contributed by atoms with Gasteiger partial charge in [-0.3, -0.25) is 0 Å². The first-order valence-corrected chi connectivity index (χ1v) is 15.4. The predicted molar refractivity (Wildman–Crippen MR) is 156 cm³/mol. The van der Waals surface area contributed by atoms with E-state index in [9.17, 15) is 87.8 Å². The van der Waals surface area contributed by atoms with Gasteiger partial charge in [0.1, 0.15) is 0 Å². The molecule has 26 heteroatoms. The second-order valence-electron chi connectivity index (χ2n) is 8.89. The Bertz CT molecular complexity index is 1250. The zero-order chi connectivity index (χ0) is 42.0. The van der Waals surface area contributed by atoms with Crippen molar-refractivity contribution >= 4 is 100 Å². The van der Waals surface area contributed by atoms with Crippen LogP contribution in [0.5, 0.6) is 0 Å². The van der Waals surface area contributed by atoms with Crippen molar-refractivity contribution in [2.75, 3.05) is 13.1 Å². The zero-order valence-electron chi connectivity index (χ0n) is 26.4. The summed E-state index contributed by atoms with van der Waals surface area (Å²) >= 11 is 5.76. The molecule has 0 aliphatic heterocycles. The molecule has 54 heavy (non-hydrogen) atoms. The van der Waals surface area contributed by atoms with E-state index in [1.165, 1.54) is 65.2 Å². The van der Waals surface area contributed by atoms with Crippen LogP contribution in [0.4, 0.5) is 87.8 Å². The molecular weight excluding hydrogens is 865 g/mol. The third-order valence-corrected chi connectivity index (χ3v) is 7.50. The molecule has 0 spiro atoms. The molecule has 0 saturated heterocycles. The van der Waals surface area contributed by atoms with E-state index in [1.54, 1.807) is 0 Å². The number of benzene rings is 4. The summed E-state index contributed by atoms with van der Waals surface area (Å²) in [5, 5.41) is 3.11. The first-order chi connectivity index (χ1) is 24.3. The van der Waals surface area contributed by atoms with Gasteiger partial charge in [-0.1, -0.05) is 13.8 Å². The average molecular weight is 876 g/mol. The number of hydrogen-bond acceptors (Lipinski definition) is 1. The zero-order valence-corrected chi connectivity index (χ0v) is 32.1. The van der Waals surface area contributed by atoms with Gasteiger partial charge in [-0.2, -0.15) is 0 Å². The maximum absolute atomic E-state index is 12.4. The van der Waals surface area contributed by atoms with E-state index in [4.69, 9.17) is 0 Å². The molecule has 272 valence electrons. The molecule has 0 aromatic heterocycles. The van der Waals surface area contributed by atoms with Gasteiger partial charge >= 0.3 is 304 Å². The second-order valence-corrected chi connectivity index (χ2v) is 11.2. The normalized spacial score (nSPS) is 10.2. The minimum Gasteiger partial charge on any atom is 3.00 e. The van der Waals surface area contributed by atoms with Crippen molar-refractivity contribution in [3.63, 3.8) is 0 Å². The van der Waals surface area contributed by atoms with Gasteiger partial charge in [0.2, 0.25) is 0 Å². The van der Waals surface area contributed by atoms with Gasteiger partial charge in [-0.05, 0) is 13.1 Å². The molecule has 0 unspecified atom stereocenters. The van der Waals surface area contributed by atoms with Gasteiger partial charge in [0, 0.05) is 0 Å². The van der Waals surface area contributed by atoms with Crippen LogP contribution in [0.1, 0.15) is 13.8 Å². The standard InChI is InChI=1S/4C6F5.C4H11N.5Al/c4*7-2-1-3(8)5(10)6(11)4(2)9;1-3-5-4-2;;;;;/h;;;;5H,3-4H2,1-2H3;;;;;/q;;;;;4*+2;+3. The molecule has 1 nitrogen and oxygen atoms in total. The van der Waals surface area contributed by atoms with E-state index < -0.39 is 134 Å². The third kappa shape index (κ3) is 13.1. The Morgan fingerprint density at radius 3 is 0.426 bits per heavy atom. The molecule has 0 saturated carbocycles. The molecular formula is C28H11Al5F20N+11. The van der Waals surface area contributed by atoms with E-state index in [0.29, 0.717) is 0 Å². The van der Waals surface area contributed by atoms with E-state index in [1.807, 2.05) is 0 Å². The van der Waals surface area contributed by atoms with E-state index >= 15 is 0 Å². The summed E-state index contributed by atoms with van der Waals surface area (Å²) in [5.74, 6) is -38.6. The summed E-state index contributed by atoms with van der Waals surface area (Å²) < 4.78 is 242. The third-order valence-electron chi connectivity index (χ3n) is 5.48. The van der Waals surface area contributed by atoms with Gasteiger partial charge in [0.25, 0.3) is 0 Å². The fraction of sp³-hybridized carbons (Fsp3) is 0.143. The first-order valence-electron chi connectivity index (χ1n) is 13.1. The Morgan fingerprint density at radius 2 is 0.352 bits per heavy atom. The number of rotatable bonds is 2. The van der Waals surface area contributed by atoms with Crippen molar-refractivity contribution in [3.8, 4) is 0 Å². The molecule has 0 aliphatic carbocycles. The van der Waals surface area contributed by atoms with Crippen LogP contribution in [0.2, 0.25) is 0 Å². The summed E-state index contributed by atoms with van der Waals surface area (Å²) in [4.78, 5) is 0. The number of hydrogen-bond donors (Lipinski definition) is 1. The van der Waals surface area contributed by atoms with Crippen molar-refractivity contribution in [1.29, 1.82) is 0 Å². The number of nitrogens with one attached hydrogen (secondary N) is 1. The Kier molecular flexibility index (Phi) is 24.1. The fourth-order valence-corrected chi connectivity index (χ4v) is 3.75.